The molecular weight excluding hydrogens is 437 g/mol. The summed E-state index contributed by atoms with van der Waals surface area (Å²) >= 11 is 0. The average molecular weight is 454 g/mol. The van der Waals surface area contributed by atoms with Crippen LogP contribution in [-0.2, 0) is 11.0 Å². The lowest BCUT2D eigenvalue weighted by molar-refractivity contribution is -0.137. The molecule has 33 heavy (non-hydrogen) atoms. The molecule has 1 aliphatic carbocycles. The molecule has 1 saturated carbocycles. The minimum absolute atomic E-state index is 0.0748. The highest BCUT2D eigenvalue weighted by Gasteiger charge is 2.35. The monoisotopic (exact) mass is 454 g/mol. The highest BCUT2D eigenvalue weighted by atomic mass is 19.4. The number of carbonyl (C=O) groups excluding carboxylic acids is 1. The Morgan fingerprint density at radius 3 is 2.67 bits per heavy atom. The smallest absolute Gasteiger partial charge is 0.354 e. The van der Waals surface area contributed by atoms with E-state index in [0.717, 1.165) is 18.9 Å². The number of anilines is 3. The minimum Gasteiger partial charge on any atom is -0.354 e. The number of nitrogens with one attached hydrogen (secondary N) is 4. The average Bonchev–Trinajstić information content (AvgIpc) is 3.48. The Bertz CT molecular complexity index is 1410. The van der Waals surface area contributed by atoms with Gasteiger partial charge in [-0.1, -0.05) is 6.07 Å². The minimum atomic E-state index is -4.62. The van der Waals surface area contributed by atoms with Gasteiger partial charge in [-0.05, 0) is 31.0 Å². The van der Waals surface area contributed by atoms with Crippen LogP contribution < -0.4 is 16.2 Å². The van der Waals surface area contributed by atoms with Gasteiger partial charge < -0.3 is 15.6 Å². The normalized spacial score (nSPS) is 13.8. The van der Waals surface area contributed by atoms with E-state index in [1.165, 1.54) is 36.8 Å². The number of aromatic nitrogens is 4. The quantitative estimate of drug-likeness (QED) is 0.356. The van der Waals surface area contributed by atoms with Gasteiger partial charge >= 0.3 is 6.18 Å². The number of alkyl halides is 3. The molecule has 4 aromatic rings. The molecule has 0 unspecified atom stereocenters. The van der Waals surface area contributed by atoms with Gasteiger partial charge in [0.2, 0.25) is 5.91 Å². The molecule has 1 amide bonds. The van der Waals surface area contributed by atoms with Crippen molar-refractivity contribution in [1.82, 2.24) is 20.2 Å². The number of nitrogens with zero attached hydrogens (tertiary/aromatic N) is 2. The standard InChI is InChI=1S/C22H17F3N6O2/c23-22(24,25)13-2-1-3-14(18(13)12-9-27-28-10-12)29-16-8-17(31-20(32)11-4-5-11)30-15-6-7-26-21(33)19(15)16/h1-3,6-11H,4-5H2,(H,26,33)(H,27,28)(H2,29,30,31,32). The Morgan fingerprint density at radius 1 is 1.15 bits per heavy atom. The fraction of sp³-hybridized carbons (Fsp3) is 0.182. The van der Waals surface area contributed by atoms with Crippen LogP contribution in [0.1, 0.15) is 18.4 Å². The highest BCUT2D eigenvalue weighted by Crippen LogP contribution is 2.42. The maximum Gasteiger partial charge on any atom is 0.417 e. The fourth-order valence-corrected chi connectivity index (χ4v) is 3.67. The number of pyridine rings is 2. The number of aromatic amines is 2. The van der Waals surface area contributed by atoms with Crippen molar-refractivity contribution in [2.45, 2.75) is 19.0 Å². The van der Waals surface area contributed by atoms with Crippen molar-refractivity contribution in [3.05, 3.63) is 64.8 Å². The third kappa shape index (κ3) is 4.04. The zero-order valence-electron chi connectivity index (χ0n) is 17.0. The number of rotatable bonds is 5. The number of hydrogen-bond donors (Lipinski definition) is 4. The van der Waals surface area contributed by atoms with Crippen LogP contribution in [0.2, 0.25) is 0 Å². The second-order valence-corrected chi connectivity index (χ2v) is 7.72. The summed E-state index contributed by atoms with van der Waals surface area (Å²) in [5.74, 6) is -0.0608. The van der Waals surface area contributed by atoms with Gasteiger partial charge in [-0.2, -0.15) is 18.3 Å². The van der Waals surface area contributed by atoms with Crippen LogP contribution in [0.15, 0.2) is 53.7 Å². The highest BCUT2D eigenvalue weighted by molar-refractivity contribution is 5.99. The molecule has 1 aromatic carbocycles. The lowest BCUT2D eigenvalue weighted by atomic mass is 9.99. The Hall–Kier alpha value is -4.15. The molecule has 3 aromatic heterocycles. The first-order valence-corrected chi connectivity index (χ1v) is 10.1. The summed E-state index contributed by atoms with van der Waals surface area (Å²) in [6.07, 6.45) is 1.02. The second-order valence-electron chi connectivity index (χ2n) is 7.72. The summed E-state index contributed by atoms with van der Waals surface area (Å²) in [5.41, 5.74) is -0.632. The van der Waals surface area contributed by atoms with E-state index in [-0.39, 0.29) is 51.0 Å². The van der Waals surface area contributed by atoms with Gasteiger partial charge in [0.05, 0.1) is 28.4 Å². The van der Waals surface area contributed by atoms with E-state index < -0.39 is 17.3 Å². The van der Waals surface area contributed by atoms with Crippen LogP contribution in [0.5, 0.6) is 0 Å². The first kappa shape index (κ1) is 20.7. The Kier molecular flexibility index (Phi) is 4.88. The van der Waals surface area contributed by atoms with E-state index in [2.05, 4.69) is 30.8 Å². The number of hydrogen-bond acceptors (Lipinski definition) is 5. The van der Waals surface area contributed by atoms with Crippen LogP contribution in [0.3, 0.4) is 0 Å². The lowest BCUT2D eigenvalue weighted by Gasteiger charge is -2.18. The summed E-state index contributed by atoms with van der Waals surface area (Å²) in [4.78, 5) is 31.7. The van der Waals surface area contributed by atoms with Crippen LogP contribution in [0.4, 0.5) is 30.4 Å². The third-order valence-corrected chi connectivity index (χ3v) is 5.36. The molecule has 3 heterocycles. The summed E-state index contributed by atoms with van der Waals surface area (Å²) in [6, 6.07) is 6.73. The summed E-state index contributed by atoms with van der Waals surface area (Å²) in [5, 5.41) is 12.1. The molecule has 8 nitrogen and oxygen atoms in total. The molecule has 0 bridgehead atoms. The molecule has 0 aliphatic heterocycles. The number of carbonyl (C=O) groups is 1. The molecule has 0 spiro atoms. The number of H-pyrrole nitrogens is 2. The predicted octanol–water partition coefficient (Wildman–Crippen LogP) is 4.42. The third-order valence-electron chi connectivity index (χ3n) is 5.36. The van der Waals surface area contributed by atoms with Crippen molar-refractivity contribution in [2.75, 3.05) is 10.6 Å². The van der Waals surface area contributed by atoms with Crippen LogP contribution in [-0.4, -0.2) is 26.1 Å². The van der Waals surface area contributed by atoms with Crippen molar-refractivity contribution in [3.8, 4) is 11.1 Å². The zero-order valence-corrected chi connectivity index (χ0v) is 17.0. The maximum absolute atomic E-state index is 13.8. The first-order chi connectivity index (χ1) is 15.8. The van der Waals surface area contributed by atoms with E-state index in [1.807, 2.05) is 0 Å². The maximum atomic E-state index is 13.8. The number of benzene rings is 1. The van der Waals surface area contributed by atoms with Crippen molar-refractivity contribution >= 4 is 34.0 Å². The van der Waals surface area contributed by atoms with Crippen LogP contribution in [0, 0.1) is 5.92 Å². The van der Waals surface area contributed by atoms with E-state index in [1.54, 1.807) is 6.07 Å². The van der Waals surface area contributed by atoms with Gasteiger partial charge in [0, 0.05) is 41.2 Å². The first-order valence-electron chi connectivity index (χ1n) is 10.1. The Balaban J connectivity index is 1.66. The second kappa shape index (κ2) is 7.76. The molecular formula is C22H17F3N6O2. The fourth-order valence-electron chi connectivity index (χ4n) is 3.67. The molecule has 1 fully saturated rings. The van der Waals surface area contributed by atoms with Gasteiger partial charge in [0.1, 0.15) is 5.82 Å². The molecule has 0 atom stereocenters. The van der Waals surface area contributed by atoms with Crippen molar-refractivity contribution in [3.63, 3.8) is 0 Å². The van der Waals surface area contributed by atoms with Crippen molar-refractivity contribution < 1.29 is 18.0 Å². The molecule has 168 valence electrons. The molecule has 4 N–H and O–H groups in total. The van der Waals surface area contributed by atoms with Gasteiger partial charge in [-0.3, -0.25) is 14.7 Å². The largest absolute Gasteiger partial charge is 0.417 e. The predicted molar refractivity (Wildman–Crippen MR) is 116 cm³/mol. The molecule has 11 heteroatoms. The topological polar surface area (TPSA) is 116 Å². The van der Waals surface area contributed by atoms with Crippen LogP contribution in [0.25, 0.3) is 22.0 Å². The number of amides is 1. The van der Waals surface area contributed by atoms with E-state index in [9.17, 15) is 22.8 Å². The Labute approximate surface area is 184 Å². The van der Waals surface area contributed by atoms with Gasteiger partial charge in [0.25, 0.3) is 5.56 Å². The van der Waals surface area contributed by atoms with Gasteiger partial charge in [0.15, 0.2) is 0 Å². The van der Waals surface area contributed by atoms with Crippen LogP contribution >= 0.6 is 0 Å². The SMILES string of the molecule is O=C(Nc1cc(Nc2cccc(C(F)(F)F)c2-c2cn[nH]c2)c2c(=O)[nH]ccc2n1)C1CC1. The summed E-state index contributed by atoms with van der Waals surface area (Å²) < 4.78 is 41.4. The summed E-state index contributed by atoms with van der Waals surface area (Å²) in [7, 11) is 0. The zero-order chi connectivity index (χ0) is 23.2. The number of fused-ring (bicyclic) bond motifs is 1. The summed E-state index contributed by atoms with van der Waals surface area (Å²) in [6.45, 7) is 0. The lowest BCUT2D eigenvalue weighted by Crippen LogP contribution is -2.16. The van der Waals surface area contributed by atoms with Crippen molar-refractivity contribution in [1.29, 1.82) is 0 Å². The molecule has 5 rings (SSSR count). The Morgan fingerprint density at radius 2 is 1.97 bits per heavy atom. The van der Waals surface area contributed by atoms with E-state index in [4.69, 9.17) is 0 Å². The molecule has 1 aliphatic rings. The van der Waals surface area contributed by atoms with Gasteiger partial charge in [-0.25, -0.2) is 4.98 Å². The molecule has 0 radical (unpaired) electrons. The van der Waals surface area contributed by atoms with Crippen molar-refractivity contribution in [2.24, 2.45) is 5.92 Å². The molecule has 0 saturated heterocycles. The van der Waals surface area contributed by atoms with E-state index in [0.29, 0.717) is 0 Å². The number of halogens is 3. The van der Waals surface area contributed by atoms with E-state index >= 15 is 0 Å². The van der Waals surface area contributed by atoms with Gasteiger partial charge in [-0.15, -0.1) is 0 Å².